The van der Waals surface area contributed by atoms with Crippen LogP contribution in [-0.4, -0.2) is 77.6 Å². The molecule has 218 valence electrons. The van der Waals surface area contributed by atoms with Gasteiger partial charge < -0.3 is 24.7 Å². The molecular weight excluding hydrogens is 534 g/mol. The molecule has 1 saturated carbocycles. The van der Waals surface area contributed by atoms with E-state index in [0.717, 1.165) is 52.8 Å². The molecule has 0 spiro atoms. The van der Waals surface area contributed by atoms with Crippen LogP contribution in [0.1, 0.15) is 41.6 Å². The lowest BCUT2D eigenvalue weighted by Gasteiger charge is -2.30. The number of ether oxygens (including phenoxy) is 2. The van der Waals surface area contributed by atoms with Gasteiger partial charge in [0.1, 0.15) is 41.7 Å². The zero-order valence-corrected chi connectivity index (χ0v) is 23.9. The largest absolute Gasteiger partial charge is 0.494 e. The summed E-state index contributed by atoms with van der Waals surface area (Å²) in [4.78, 5) is 23.9. The second-order valence-corrected chi connectivity index (χ2v) is 11.4. The number of carbonyl (C=O) groups excluding carboxylic acids is 1. The normalized spacial score (nSPS) is 17.3. The number of pyridine rings is 2. The average molecular weight is 570 g/mol. The Morgan fingerprint density at radius 3 is 2.83 bits per heavy atom. The van der Waals surface area contributed by atoms with Crippen LogP contribution < -0.4 is 15.2 Å². The number of likely N-dealkylation sites (tertiary alicyclic amines) is 1. The van der Waals surface area contributed by atoms with Crippen LogP contribution in [0, 0.1) is 12.8 Å². The lowest BCUT2D eigenvalue weighted by molar-refractivity contribution is 0.0707. The van der Waals surface area contributed by atoms with Crippen LogP contribution in [0.2, 0.25) is 0 Å². The third kappa shape index (κ3) is 4.85. The van der Waals surface area contributed by atoms with Crippen molar-refractivity contribution < 1.29 is 14.3 Å². The molecule has 2 aliphatic rings. The summed E-state index contributed by atoms with van der Waals surface area (Å²) in [5, 5.41) is 10.2. The van der Waals surface area contributed by atoms with Crippen molar-refractivity contribution in [3.63, 3.8) is 0 Å². The number of amides is 1. The number of fused-ring (bicyclic) bond motifs is 2. The van der Waals surface area contributed by atoms with E-state index in [9.17, 15) is 4.79 Å². The van der Waals surface area contributed by atoms with Crippen LogP contribution >= 0.6 is 0 Å². The lowest BCUT2D eigenvalue weighted by atomic mass is 10.1. The summed E-state index contributed by atoms with van der Waals surface area (Å²) in [5.41, 5.74) is 11.3. The Labute approximate surface area is 243 Å². The number of carbonyl (C=O) groups is 1. The van der Waals surface area contributed by atoms with Gasteiger partial charge in [-0.05, 0) is 56.7 Å². The van der Waals surface area contributed by atoms with Crippen LogP contribution in [0.25, 0.3) is 27.8 Å². The summed E-state index contributed by atoms with van der Waals surface area (Å²) in [5.74, 6) is 1.75. The second kappa shape index (κ2) is 10.8. The summed E-state index contributed by atoms with van der Waals surface area (Å²) in [6.07, 6.45) is 11.0. The van der Waals surface area contributed by atoms with E-state index in [-0.39, 0.29) is 11.9 Å². The molecule has 5 aromatic rings. The van der Waals surface area contributed by atoms with Crippen LogP contribution in [-0.2, 0) is 13.1 Å². The summed E-state index contributed by atoms with van der Waals surface area (Å²) in [6.45, 7) is 5.16. The molecule has 1 unspecified atom stereocenters. The van der Waals surface area contributed by atoms with E-state index in [1.807, 2.05) is 23.2 Å². The number of aromatic nitrogens is 7. The van der Waals surface area contributed by atoms with Gasteiger partial charge in [-0.1, -0.05) is 0 Å². The summed E-state index contributed by atoms with van der Waals surface area (Å²) >= 11 is 0. The molecule has 1 atom stereocenters. The van der Waals surface area contributed by atoms with Crippen LogP contribution in [0.3, 0.4) is 0 Å². The summed E-state index contributed by atoms with van der Waals surface area (Å²) in [7, 11) is 1.63. The molecule has 1 saturated heterocycles. The Morgan fingerprint density at radius 1 is 1.19 bits per heavy atom. The maximum absolute atomic E-state index is 13.5. The van der Waals surface area contributed by atoms with E-state index in [0.29, 0.717) is 49.4 Å². The molecule has 42 heavy (non-hydrogen) atoms. The maximum Gasteiger partial charge on any atom is 0.255 e. The van der Waals surface area contributed by atoms with Crippen LogP contribution in [0.15, 0.2) is 43.2 Å². The van der Waals surface area contributed by atoms with Crippen LogP contribution in [0.4, 0.5) is 0 Å². The number of hydrogen-bond donors (Lipinski definition) is 1. The summed E-state index contributed by atoms with van der Waals surface area (Å²) < 4.78 is 17.8. The molecule has 6 heterocycles. The quantitative estimate of drug-likeness (QED) is 0.286. The highest BCUT2D eigenvalue weighted by molar-refractivity contribution is 5.96. The van der Waals surface area contributed by atoms with Gasteiger partial charge in [-0.3, -0.25) is 4.79 Å². The fraction of sp³-hybridized carbons (Fsp3) is 0.433. The van der Waals surface area contributed by atoms with Crippen molar-refractivity contribution in [1.82, 2.24) is 38.8 Å². The topological polar surface area (TPSA) is 131 Å². The van der Waals surface area contributed by atoms with E-state index < -0.39 is 0 Å². The number of piperidine rings is 1. The lowest BCUT2D eigenvalue weighted by Crippen LogP contribution is -2.45. The maximum atomic E-state index is 13.5. The molecule has 0 aromatic carbocycles. The molecule has 12 heteroatoms. The monoisotopic (exact) mass is 569 g/mol. The van der Waals surface area contributed by atoms with Gasteiger partial charge in [0.05, 0.1) is 24.9 Å². The Kier molecular flexibility index (Phi) is 6.77. The first-order valence-corrected chi connectivity index (χ1v) is 14.6. The molecule has 0 bridgehead atoms. The minimum Gasteiger partial charge on any atom is -0.494 e. The van der Waals surface area contributed by atoms with E-state index in [1.165, 1.54) is 19.2 Å². The first-order chi connectivity index (χ1) is 20.5. The smallest absolute Gasteiger partial charge is 0.255 e. The van der Waals surface area contributed by atoms with Crippen molar-refractivity contribution in [1.29, 1.82) is 0 Å². The third-order valence-electron chi connectivity index (χ3n) is 8.32. The minimum absolute atomic E-state index is 0.00573. The highest BCUT2D eigenvalue weighted by Gasteiger charge is 2.29. The fourth-order valence-electron chi connectivity index (χ4n) is 6.00. The van der Waals surface area contributed by atoms with Gasteiger partial charge in [0, 0.05) is 49.0 Å². The molecule has 2 fully saturated rings. The second-order valence-electron chi connectivity index (χ2n) is 11.4. The first-order valence-electron chi connectivity index (χ1n) is 14.6. The van der Waals surface area contributed by atoms with Crippen molar-refractivity contribution in [3.05, 3.63) is 54.4 Å². The van der Waals surface area contributed by atoms with Crippen molar-refractivity contribution in [3.8, 4) is 23.0 Å². The Hall–Kier alpha value is -4.45. The number of nitrogens with two attached hydrogens (primary N) is 1. The molecule has 12 nitrogen and oxygen atoms in total. The third-order valence-corrected chi connectivity index (χ3v) is 8.32. The van der Waals surface area contributed by atoms with Gasteiger partial charge in [-0.2, -0.15) is 10.2 Å². The Bertz CT molecular complexity index is 1750. The predicted octanol–water partition coefficient (Wildman–Crippen LogP) is 3.31. The zero-order chi connectivity index (χ0) is 28.8. The van der Waals surface area contributed by atoms with Crippen molar-refractivity contribution in [2.24, 2.45) is 11.7 Å². The number of methoxy groups -OCH3 is 1. The number of aryl methyl sites for hydroxylation is 1. The number of rotatable bonds is 9. The van der Waals surface area contributed by atoms with E-state index in [4.69, 9.17) is 20.3 Å². The van der Waals surface area contributed by atoms with E-state index in [1.54, 1.807) is 28.8 Å². The molecule has 0 radical (unpaired) electrons. The van der Waals surface area contributed by atoms with Crippen molar-refractivity contribution >= 4 is 22.3 Å². The number of nitrogens with zero attached hydrogens (tertiary/aromatic N) is 8. The Morgan fingerprint density at radius 2 is 2.07 bits per heavy atom. The fourth-order valence-corrected chi connectivity index (χ4v) is 6.00. The van der Waals surface area contributed by atoms with Crippen molar-refractivity contribution in [2.45, 2.75) is 51.7 Å². The van der Waals surface area contributed by atoms with E-state index in [2.05, 4.69) is 32.6 Å². The van der Waals surface area contributed by atoms with Gasteiger partial charge in [0.25, 0.3) is 5.91 Å². The zero-order valence-electron chi connectivity index (χ0n) is 23.9. The Balaban J connectivity index is 1.29. The number of hydrogen-bond acceptors (Lipinski definition) is 8. The van der Waals surface area contributed by atoms with Crippen molar-refractivity contribution in [2.75, 3.05) is 26.8 Å². The van der Waals surface area contributed by atoms with Gasteiger partial charge in [-0.25, -0.2) is 19.2 Å². The molecule has 1 amide bonds. The molecule has 1 aliphatic heterocycles. The summed E-state index contributed by atoms with van der Waals surface area (Å²) in [6, 6.07) is 6.00. The highest BCUT2D eigenvalue weighted by Crippen LogP contribution is 2.40. The van der Waals surface area contributed by atoms with Gasteiger partial charge >= 0.3 is 0 Å². The predicted molar refractivity (Wildman–Crippen MR) is 157 cm³/mol. The molecule has 5 aromatic heterocycles. The van der Waals surface area contributed by atoms with Gasteiger partial charge in [0.2, 0.25) is 5.88 Å². The minimum atomic E-state index is -0.0540. The highest BCUT2D eigenvalue weighted by atomic mass is 16.5. The average Bonchev–Trinajstić information content (AvgIpc) is 3.36. The SMILES string of the molecule is COc1cc(C(=O)N2CCCC(N)C2)cn2nc(-c3cc4ccnc(OCCn5cncn5)c4n3CC3CC3)c(C)c12. The standard InChI is InChI=1S/C30H35N9O3/c1-19-26(35-39-15-22(13-25(41-2)27(19)39)30(40)36-9-3-4-23(31)16-36)24-12-21-7-8-33-29(28(21)38(24)14-20-5-6-20)42-11-10-37-18-32-17-34-37/h7-8,12-13,15,17-18,20,23H,3-6,9-11,14,16,31H2,1-2H3. The molecular formula is C30H35N9O3. The molecule has 1 aliphatic carbocycles. The van der Waals surface area contributed by atoms with Crippen LogP contribution in [0.5, 0.6) is 11.6 Å². The first kappa shape index (κ1) is 26.4. The molecule has 2 N–H and O–H groups in total. The van der Waals surface area contributed by atoms with Gasteiger partial charge in [-0.15, -0.1) is 0 Å². The van der Waals surface area contributed by atoms with Gasteiger partial charge in [0.15, 0.2) is 0 Å². The molecule has 7 rings (SSSR count). The van der Waals surface area contributed by atoms with E-state index >= 15 is 0 Å².